The summed E-state index contributed by atoms with van der Waals surface area (Å²) in [7, 11) is 0. The molecule has 0 saturated carbocycles. The summed E-state index contributed by atoms with van der Waals surface area (Å²) in [4.78, 5) is 7.08. The molecule has 1 heterocycles. The van der Waals surface area contributed by atoms with E-state index in [1.54, 1.807) is 0 Å². The summed E-state index contributed by atoms with van der Waals surface area (Å²) in [6.45, 7) is 6.44. The number of aliphatic imine (C=N–C) groups is 1. The van der Waals surface area contributed by atoms with Crippen molar-refractivity contribution in [3.05, 3.63) is 47.7 Å². The van der Waals surface area contributed by atoms with Crippen molar-refractivity contribution in [3.63, 3.8) is 0 Å². The molecule has 0 saturated heterocycles. The minimum Gasteiger partial charge on any atom is -0.329 e. The zero-order chi connectivity index (χ0) is 14.2. The molecule has 1 spiro atoms. The van der Waals surface area contributed by atoms with Gasteiger partial charge in [0.2, 0.25) is 0 Å². The molecule has 1 aliphatic carbocycles. The van der Waals surface area contributed by atoms with Crippen molar-refractivity contribution >= 4 is 6.34 Å². The Morgan fingerprint density at radius 3 is 2.80 bits per heavy atom. The maximum Gasteiger partial charge on any atom is 0.0904 e. The molecule has 3 rings (SSSR count). The Bertz CT molecular complexity index is 551. The van der Waals surface area contributed by atoms with Crippen LogP contribution in [0, 0.1) is 0 Å². The van der Waals surface area contributed by atoms with Gasteiger partial charge in [0.05, 0.1) is 17.4 Å². The number of aryl methyl sites for hydroxylation is 1. The number of rotatable bonds is 1. The van der Waals surface area contributed by atoms with Gasteiger partial charge in [0.15, 0.2) is 0 Å². The van der Waals surface area contributed by atoms with Crippen molar-refractivity contribution in [2.75, 3.05) is 0 Å². The molecule has 1 aliphatic heterocycles. The maximum atomic E-state index is 4.72. The van der Waals surface area contributed by atoms with Crippen molar-refractivity contribution < 1.29 is 0 Å². The Morgan fingerprint density at radius 2 is 2.00 bits per heavy atom. The first-order chi connectivity index (χ1) is 9.51. The summed E-state index contributed by atoms with van der Waals surface area (Å²) < 4.78 is 0. The Kier molecular flexibility index (Phi) is 3.19. The van der Waals surface area contributed by atoms with E-state index in [1.165, 1.54) is 30.4 Å². The minimum atomic E-state index is -0.0232. The Morgan fingerprint density at radius 1 is 1.20 bits per heavy atom. The molecule has 0 N–H and O–H groups in total. The molecule has 0 bridgehead atoms. The fraction of sp³-hybridized carbons (Fsp3) is 0.500. The molecule has 2 aliphatic rings. The molecule has 1 aromatic rings. The lowest BCUT2D eigenvalue weighted by atomic mass is 9.84. The van der Waals surface area contributed by atoms with Gasteiger partial charge < -0.3 is 4.90 Å². The first-order valence-corrected chi connectivity index (χ1v) is 7.60. The number of hydrogen-bond acceptors (Lipinski definition) is 1. The van der Waals surface area contributed by atoms with Gasteiger partial charge in [0, 0.05) is 6.20 Å². The molecule has 1 atom stereocenters. The van der Waals surface area contributed by atoms with E-state index in [4.69, 9.17) is 4.99 Å². The zero-order valence-electron chi connectivity index (χ0n) is 12.8. The van der Waals surface area contributed by atoms with Crippen molar-refractivity contribution in [3.8, 4) is 0 Å². The molecule has 1 aromatic carbocycles. The fourth-order valence-electron chi connectivity index (χ4n) is 3.36. The summed E-state index contributed by atoms with van der Waals surface area (Å²) in [5.74, 6) is 0. The van der Waals surface area contributed by atoms with Crippen molar-refractivity contribution in [2.24, 2.45) is 4.99 Å². The van der Waals surface area contributed by atoms with Gasteiger partial charge in [-0.2, -0.15) is 0 Å². The van der Waals surface area contributed by atoms with Crippen LogP contribution >= 0.6 is 0 Å². The van der Waals surface area contributed by atoms with E-state index >= 15 is 0 Å². The van der Waals surface area contributed by atoms with Crippen LogP contribution in [0.15, 0.2) is 41.5 Å². The summed E-state index contributed by atoms with van der Waals surface area (Å²) >= 11 is 0. The Labute approximate surface area is 122 Å². The Balaban J connectivity index is 1.99. The molecule has 0 radical (unpaired) electrons. The van der Waals surface area contributed by atoms with E-state index in [2.05, 4.69) is 68.6 Å². The fourth-order valence-corrected chi connectivity index (χ4v) is 3.36. The maximum absolute atomic E-state index is 4.72. The second-order valence-corrected chi connectivity index (χ2v) is 6.93. The third-order valence-corrected chi connectivity index (χ3v) is 4.38. The van der Waals surface area contributed by atoms with Crippen molar-refractivity contribution in [1.82, 2.24) is 4.90 Å². The summed E-state index contributed by atoms with van der Waals surface area (Å²) in [5.41, 5.74) is 3.13. The normalized spacial score (nSPS) is 25.6. The second-order valence-electron chi connectivity index (χ2n) is 6.93. The molecule has 0 amide bonds. The van der Waals surface area contributed by atoms with Crippen LogP contribution in [-0.4, -0.2) is 16.8 Å². The molecule has 106 valence electrons. The number of benzene rings is 1. The number of hydrogen-bond donors (Lipinski definition) is 0. The third-order valence-electron chi connectivity index (χ3n) is 4.38. The SMILES string of the molecule is CC(C)(C)N=CN1C=CCCC12CCc1ccccc12. The smallest absolute Gasteiger partial charge is 0.0904 e. The van der Waals surface area contributed by atoms with Crippen LogP contribution in [0.2, 0.25) is 0 Å². The first kappa shape index (κ1) is 13.4. The summed E-state index contributed by atoms with van der Waals surface area (Å²) in [6.07, 6.45) is 11.3. The minimum absolute atomic E-state index is 0.0232. The van der Waals surface area contributed by atoms with Gasteiger partial charge in [0.1, 0.15) is 0 Å². The number of allylic oxidation sites excluding steroid dienone is 1. The summed E-state index contributed by atoms with van der Waals surface area (Å²) in [5, 5.41) is 0. The average Bonchev–Trinajstić information content (AvgIpc) is 2.77. The van der Waals surface area contributed by atoms with Crippen LogP contribution in [0.3, 0.4) is 0 Å². The zero-order valence-corrected chi connectivity index (χ0v) is 12.8. The monoisotopic (exact) mass is 268 g/mol. The highest BCUT2D eigenvalue weighted by molar-refractivity contribution is 5.61. The van der Waals surface area contributed by atoms with Gasteiger partial charge in [-0.15, -0.1) is 0 Å². The molecule has 2 heteroatoms. The van der Waals surface area contributed by atoms with E-state index in [1.807, 2.05) is 0 Å². The van der Waals surface area contributed by atoms with Crippen LogP contribution in [0.25, 0.3) is 0 Å². The second kappa shape index (κ2) is 4.76. The van der Waals surface area contributed by atoms with Crippen LogP contribution < -0.4 is 0 Å². The molecule has 0 fully saturated rings. The van der Waals surface area contributed by atoms with E-state index in [0.717, 1.165) is 6.42 Å². The van der Waals surface area contributed by atoms with Crippen molar-refractivity contribution in [2.45, 2.75) is 57.5 Å². The predicted octanol–water partition coefficient (Wildman–Crippen LogP) is 4.26. The quantitative estimate of drug-likeness (QED) is 0.549. The van der Waals surface area contributed by atoms with Crippen LogP contribution in [0.5, 0.6) is 0 Å². The number of nitrogens with zero attached hydrogens (tertiary/aromatic N) is 2. The first-order valence-electron chi connectivity index (χ1n) is 7.60. The van der Waals surface area contributed by atoms with Gasteiger partial charge in [-0.1, -0.05) is 30.3 Å². The van der Waals surface area contributed by atoms with Crippen molar-refractivity contribution in [1.29, 1.82) is 0 Å². The predicted molar refractivity (Wildman–Crippen MR) is 84.9 cm³/mol. The van der Waals surface area contributed by atoms with E-state index in [9.17, 15) is 0 Å². The lowest BCUT2D eigenvalue weighted by Crippen LogP contribution is -2.42. The standard InChI is InChI=1S/C18H24N2/c1-17(2,3)19-14-20-13-7-6-11-18(20)12-10-15-8-4-5-9-16(15)18/h4-5,7-9,13-14H,6,10-12H2,1-3H3. The van der Waals surface area contributed by atoms with E-state index in [0.29, 0.717) is 0 Å². The molecule has 2 nitrogen and oxygen atoms in total. The van der Waals surface area contributed by atoms with E-state index < -0.39 is 0 Å². The number of fused-ring (bicyclic) bond motifs is 2. The molecular weight excluding hydrogens is 244 g/mol. The highest BCUT2D eigenvalue weighted by Crippen LogP contribution is 2.46. The molecule has 20 heavy (non-hydrogen) atoms. The van der Waals surface area contributed by atoms with Gasteiger partial charge in [-0.25, -0.2) is 0 Å². The van der Waals surface area contributed by atoms with Crippen LogP contribution in [0.4, 0.5) is 0 Å². The third kappa shape index (κ3) is 2.28. The average molecular weight is 268 g/mol. The van der Waals surface area contributed by atoms with E-state index in [-0.39, 0.29) is 11.1 Å². The molecular formula is C18H24N2. The highest BCUT2D eigenvalue weighted by Gasteiger charge is 2.42. The van der Waals surface area contributed by atoms with Gasteiger partial charge in [0.25, 0.3) is 0 Å². The lowest BCUT2D eigenvalue weighted by Gasteiger charge is -2.42. The van der Waals surface area contributed by atoms with Crippen LogP contribution in [-0.2, 0) is 12.0 Å². The van der Waals surface area contributed by atoms with Crippen LogP contribution in [0.1, 0.15) is 51.2 Å². The molecule has 0 aromatic heterocycles. The highest BCUT2D eigenvalue weighted by atomic mass is 15.2. The topological polar surface area (TPSA) is 15.6 Å². The van der Waals surface area contributed by atoms with Gasteiger partial charge >= 0.3 is 0 Å². The molecule has 1 unspecified atom stereocenters. The van der Waals surface area contributed by atoms with Gasteiger partial charge in [-0.3, -0.25) is 4.99 Å². The lowest BCUT2D eigenvalue weighted by molar-refractivity contribution is 0.205. The Hall–Kier alpha value is -1.57. The summed E-state index contributed by atoms with van der Waals surface area (Å²) in [6, 6.07) is 8.91. The largest absolute Gasteiger partial charge is 0.329 e. The van der Waals surface area contributed by atoms with Gasteiger partial charge in [-0.05, 0) is 57.6 Å².